The van der Waals surface area contributed by atoms with Crippen LogP contribution in [0.25, 0.3) is 0 Å². The molecule has 1 N–H and O–H groups in total. The maximum Gasteiger partial charge on any atom is 0.271 e. The number of ether oxygens (including phenoxy) is 1. The van der Waals surface area contributed by atoms with Crippen molar-refractivity contribution < 1.29 is 14.3 Å². The third-order valence-corrected chi connectivity index (χ3v) is 5.07. The number of rotatable bonds is 1. The van der Waals surface area contributed by atoms with E-state index in [4.69, 9.17) is 4.74 Å². The van der Waals surface area contributed by atoms with Crippen LogP contribution >= 0.6 is 0 Å². The Morgan fingerprint density at radius 1 is 1.15 bits per heavy atom. The molecular formula is C19H19N3O4. The molecule has 3 heterocycles. The van der Waals surface area contributed by atoms with Crippen LogP contribution in [0.2, 0.25) is 0 Å². The first kappa shape index (κ1) is 16.5. The molecule has 0 radical (unpaired) electrons. The molecule has 4 rings (SSSR count). The summed E-state index contributed by atoms with van der Waals surface area (Å²) >= 11 is 0. The summed E-state index contributed by atoms with van der Waals surface area (Å²) in [5.74, 6) is 0.457. The minimum Gasteiger partial charge on any atom is -0.486 e. The molecule has 7 nitrogen and oxygen atoms in total. The SMILES string of the molecule is O=C1CC2(CCCN(C(=O)c3cncc(=O)[nH]3)CC2)Oc2ccccc21. The first-order valence-electron chi connectivity index (χ1n) is 8.71. The molecule has 0 bridgehead atoms. The number of amides is 1. The summed E-state index contributed by atoms with van der Waals surface area (Å²) in [4.78, 5) is 44.6. The van der Waals surface area contributed by atoms with Gasteiger partial charge >= 0.3 is 0 Å². The molecular weight excluding hydrogens is 334 g/mol. The normalized spacial score (nSPS) is 22.5. The van der Waals surface area contributed by atoms with Gasteiger partial charge in [0.1, 0.15) is 17.0 Å². The van der Waals surface area contributed by atoms with E-state index in [1.165, 1.54) is 6.20 Å². The number of H-pyrrole nitrogens is 1. The second-order valence-electron chi connectivity index (χ2n) is 6.84. The van der Waals surface area contributed by atoms with Gasteiger partial charge in [-0.2, -0.15) is 0 Å². The van der Waals surface area contributed by atoms with E-state index in [1.54, 1.807) is 11.0 Å². The molecule has 2 aromatic rings. The van der Waals surface area contributed by atoms with E-state index < -0.39 is 11.2 Å². The van der Waals surface area contributed by atoms with Gasteiger partial charge in [0, 0.05) is 19.5 Å². The van der Waals surface area contributed by atoms with Gasteiger partial charge in [-0.15, -0.1) is 0 Å². The van der Waals surface area contributed by atoms with E-state index in [0.29, 0.717) is 43.7 Å². The number of aromatic amines is 1. The molecule has 7 heteroatoms. The van der Waals surface area contributed by atoms with E-state index in [-0.39, 0.29) is 17.4 Å². The predicted molar refractivity (Wildman–Crippen MR) is 93.4 cm³/mol. The molecule has 1 atom stereocenters. The van der Waals surface area contributed by atoms with Crippen molar-refractivity contribution in [2.75, 3.05) is 13.1 Å². The van der Waals surface area contributed by atoms with Gasteiger partial charge in [-0.25, -0.2) is 0 Å². The zero-order chi connectivity index (χ0) is 18.1. The van der Waals surface area contributed by atoms with Crippen molar-refractivity contribution in [2.45, 2.75) is 31.3 Å². The van der Waals surface area contributed by atoms with Gasteiger partial charge in [-0.3, -0.25) is 19.4 Å². The number of nitrogens with one attached hydrogen (secondary N) is 1. The lowest BCUT2D eigenvalue weighted by Gasteiger charge is -2.37. The van der Waals surface area contributed by atoms with Gasteiger partial charge < -0.3 is 14.6 Å². The molecule has 134 valence electrons. The van der Waals surface area contributed by atoms with E-state index in [1.807, 2.05) is 18.2 Å². The van der Waals surface area contributed by atoms with Crippen molar-refractivity contribution in [3.63, 3.8) is 0 Å². The second-order valence-corrected chi connectivity index (χ2v) is 6.84. The summed E-state index contributed by atoms with van der Waals surface area (Å²) < 4.78 is 6.23. The molecule has 0 saturated carbocycles. The third-order valence-electron chi connectivity index (χ3n) is 5.07. The van der Waals surface area contributed by atoms with Crippen LogP contribution in [0.15, 0.2) is 41.5 Å². The standard InChI is InChI=1S/C19H19N3O4/c23-15-10-19(26-16-5-2-1-4-13(15)16)6-3-8-22(9-7-19)18(25)14-11-20-12-17(24)21-14/h1-2,4-5,11-12H,3,6-10H2,(H,21,24). The summed E-state index contributed by atoms with van der Waals surface area (Å²) in [6, 6.07) is 7.30. The fraction of sp³-hybridized carbons (Fsp3) is 0.368. The lowest BCUT2D eigenvalue weighted by atomic mass is 9.84. The Labute approximate surface area is 150 Å². The van der Waals surface area contributed by atoms with Crippen molar-refractivity contribution in [3.05, 3.63) is 58.3 Å². The van der Waals surface area contributed by atoms with E-state index in [9.17, 15) is 14.4 Å². The zero-order valence-corrected chi connectivity index (χ0v) is 14.2. The average Bonchev–Trinajstić information content (AvgIpc) is 2.83. The number of fused-ring (bicyclic) bond motifs is 1. The number of benzene rings is 1. The Morgan fingerprint density at radius 3 is 2.85 bits per heavy atom. The van der Waals surface area contributed by atoms with Crippen molar-refractivity contribution >= 4 is 11.7 Å². The number of aromatic nitrogens is 2. The number of carbonyl (C=O) groups excluding carboxylic acids is 2. The van der Waals surface area contributed by atoms with Crippen LogP contribution < -0.4 is 10.3 Å². The number of para-hydroxylation sites is 1. The Bertz CT molecular complexity index is 923. The molecule has 2 aliphatic heterocycles. The molecule has 1 unspecified atom stereocenters. The molecule has 2 aliphatic rings. The first-order chi connectivity index (χ1) is 12.6. The lowest BCUT2D eigenvalue weighted by molar-refractivity contribution is 0.0300. The molecule has 0 aliphatic carbocycles. The van der Waals surface area contributed by atoms with Gasteiger partial charge in [0.15, 0.2) is 5.78 Å². The topological polar surface area (TPSA) is 92.4 Å². The quantitative estimate of drug-likeness (QED) is 0.844. The van der Waals surface area contributed by atoms with Gasteiger partial charge in [0.05, 0.1) is 24.4 Å². The minimum atomic E-state index is -0.567. The van der Waals surface area contributed by atoms with Crippen molar-refractivity contribution in [1.29, 1.82) is 0 Å². The van der Waals surface area contributed by atoms with E-state index in [0.717, 1.165) is 12.6 Å². The van der Waals surface area contributed by atoms with Gasteiger partial charge in [0.2, 0.25) is 0 Å². The van der Waals surface area contributed by atoms with Gasteiger partial charge in [0.25, 0.3) is 11.5 Å². The highest BCUT2D eigenvalue weighted by atomic mass is 16.5. The minimum absolute atomic E-state index is 0.0863. The zero-order valence-electron chi connectivity index (χ0n) is 14.2. The smallest absolute Gasteiger partial charge is 0.271 e. The molecule has 1 fully saturated rings. The molecule has 26 heavy (non-hydrogen) atoms. The maximum absolute atomic E-state index is 12.6. The Hall–Kier alpha value is -2.96. The Kier molecular flexibility index (Phi) is 4.06. The monoisotopic (exact) mass is 353 g/mol. The fourth-order valence-corrected chi connectivity index (χ4v) is 3.75. The highest BCUT2D eigenvalue weighted by Gasteiger charge is 2.42. The number of Topliss-reactive ketones (excluding diaryl/α,β-unsaturated/α-hetero) is 1. The van der Waals surface area contributed by atoms with E-state index >= 15 is 0 Å². The number of likely N-dealkylation sites (tertiary alicyclic amines) is 1. The molecule has 1 aromatic carbocycles. The van der Waals surface area contributed by atoms with Crippen LogP contribution in [0.3, 0.4) is 0 Å². The average molecular weight is 353 g/mol. The second kappa shape index (κ2) is 6.40. The van der Waals surface area contributed by atoms with Crippen LogP contribution in [0.5, 0.6) is 5.75 Å². The summed E-state index contributed by atoms with van der Waals surface area (Å²) in [5, 5.41) is 0. The van der Waals surface area contributed by atoms with E-state index in [2.05, 4.69) is 9.97 Å². The third kappa shape index (κ3) is 3.00. The summed E-state index contributed by atoms with van der Waals surface area (Å²) in [7, 11) is 0. The van der Waals surface area contributed by atoms with Gasteiger partial charge in [-0.05, 0) is 25.0 Å². The van der Waals surface area contributed by atoms with Crippen molar-refractivity contribution in [2.24, 2.45) is 0 Å². The summed E-state index contributed by atoms with van der Waals surface area (Å²) in [6.07, 6.45) is 4.83. The fourth-order valence-electron chi connectivity index (χ4n) is 3.75. The maximum atomic E-state index is 12.6. The molecule has 1 amide bonds. The highest BCUT2D eigenvalue weighted by molar-refractivity contribution is 6.00. The predicted octanol–water partition coefficient (Wildman–Crippen LogP) is 1.80. The summed E-state index contributed by atoms with van der Waals surface area (Å²) in [6.45, 7) is 1.02. The van der Waals surface area contributed by atoms with Crippen molar-refractivity contribution in [1.82, 2.24) is 14.9 Å². The van der Waals surface area contributed by atoms with Crippen LogP contribution in [-0.4, -0.2) is 45.2 Å². The van der Waals surface area contributed by atoms with Crippen LogP contribution in [0, 0.1) is 0 Å². The molecule has 1 aromatic heterocycles. The van der Waals surface area contributed by atoms with Crippen LogP contribution in [-0.2, 0) is 0 Å². The molecule has 1 saturated heterocycles. The number of hydrogen-bond donors (Lipinski definition) is 1. The lowest BCUT2D eigenvalue weighted by Crippen LogP contribution is -2.43. The van der Waals surface area contributed by atoms with Crippen LogP contribution in [0.1, 0.15) is 46.5 Å². The Balaban J connectivity index is 1.53. The molecule has 1 spiro atoms. The number of ketones is 1. The largest absolute Gasteiger partial charge is 0.486 e. The number of carbonyl (C=O) groups is 2. The Morgan fingerprint density at radius 2 is 2.00 bits per heavy atom. The van der Waals surface area contributed by atoms with Crippen molar-refractivity contribution in [3.8, 4) is 5.75 Å². The number of hydrogen-bond acceptors (Lipinski definition) is 5. The first-order valence-corrected chi connectivity index (χ1v) is 8.71. The van der Waals surface area contributed by atoms with Crippen LogP contribution in [0.4, 0.5) is 0 Å². The van der Waals surface area contributed by atoms with Gasteiger partial charge in [-0.1, -0.05) is 12.1 Å². The summed E-state index contributed by atoms with van der Waals surface area (Å²) in [5.41, 5.74) is -0.161. The highest BCUT2D eigenvalue weighted by Crippen LogP contribution is 2.39. The number of nitrogens with zero attached hydrogens (tertiary/aromatic N) is 2.